The summed E-state index contributed by atoms with van der Waals surface area (Å²) >= 11 is 0. The lowest BCUT2D eigenvalue weighted by molar-refractivity contribution is -0.160. The number of nitrogens with one attached hydrogen (secondary N) is 2. The fourth-order valence-electron chi connectivity index (χ4n) is 10.0. The van der Waals surface area contributed by atoms with Crippen molar-refractivity contribution in [2.75, 3.05) is 53.9 Å². The lowest BCUT2D eigenvalue weighted by Gasteiger charge is -2.45. The summed E-state index contributed by atoms with van der Waals surface area (Å²) in [6.07, 6.45) is 6.30. The van der Waals surface area contributed by atoms with Gasteiger partial charge in [-0.1, -0.05) is 101 Å². The number of fused-ring (bicyclic) bond motifs is 3. The van der Waals surface area contributed by atoms with Crippen LogP contribution in [0.3, 0.4) is 0 Å². The Kier molecular flexibility index (Phi) is 17.1. The molecule has 6 atom stereocenters. The third-order valence-electron chi connectivity index (χ3n) is 14.5. The van der Waals surface area contributed by atoms with E-state index < -0.39 is 90.7 Å². The van der Waals surface area contributed by atoms with Crippen molar-refractivity contribution in [3.05, 3.63) is 59.7 Å². The van der Waals surface area contributed by atoms with Crippen LogP contribution in [0.15, 0.2) is 48.5 Å². The first-order chi connectivity index (χ1) is 32.0. The number of ether oxygens (including phenoxy) is 1. The van der Waals surface area contributed by atoms with E-state index in [1.165, 1.54) is 45.6 Å². The minimum absolute atomic E-state index is 0.0691. The van der Waals surface area contributed by atoms with Crippen molar-refractivity contribution < 1.29 is 48.2 Å². The third-order valence-corrected chi connectivity index (χ3v) is 14.5. The number of benzene rings is 2. The highest BCUT2D eigenvalue weighted by atomic mass is 16.5. The first kappa shape index (κ1) is 50.4. The van der Waals surface area contributed by atoms with Gasteiger partial charge in [-0.05, 0) is 66.7 Å². The summed E-state index contributed by atoms with van der Waals surface area (Å²) in [4.78, 5) is 115. The normalized spacial score (nSPS) is 19.0. The molecule has 364 valence electrons. The van der Waals surface area contributed by atoms with Gasteiger partial charge in [0.15, 0.2) is 0 Å². The molecule has 17 heteroatoms. The number of carbonyl (C=O) groups is 8. The van der Waals surface area contributed by atoms with Gasteiger partial charge in [-0.2, -0.15) is 0 Å². The van der Waals surface area contributed by atoms with Crippen molar-refractivity contribution in [3.8, 4) is 11.1 Å². The minimum Gasteiger partial charge on any atom is -0.481 e. The van der Waals surface area contributed by atoms with Crippen molar-refractivity contribution in [3.63, 3.8) is 0 Å². The lowest BCUT2D eigenvalue weighted by Crippen LogP contribution is -2.64. The average Bonchev–Trinajstić information content (AvgIpc) is 3.97. The maximum Gasteiger partial charge on any atom is 0.407 e. The van der Waals surface area contributed by atoms with Crippen LogP contribution in [0.4, 0.5) is 4.79 Å². The van der Waals surface area contributed by atoms with E-state index in [-0.39, 0.29) is 30.9 Å². The molecule has 4 aliphatic rings. The Bertz CT molecular complexity index is 2110. The molecule has 6 rings (SSSR count). The maximum atomic E-state index is 14.3. The van der Waals surface area contributed by atoms with Gasteiger partial charge in [-0.3, -0.25) is 33.6 Å². The highest BCUT2D eigenvalue weighted by Gasteiger charge is 2.45. The standard InChI is InChI=1S/C50H69N7O10/c1-7-31(2)44(52-50(66)67-30-38-36-21-13-11-19-34(36)35-20-12-14-22-37(35)38)49(65)54(5)32(3)45(61)57-26-23-40(57)48(64)55(6)41(27-33-17-9-8-10-18-33)47(63)53(4)29-42(58)51-39(28-43(59)60)46(62)56-24-15-16-25-56/h11-14,19-22,31-33,38-41,44H,7-10,15-18,23-30H2,1-6H3,(H,51,58)(H,52,66)(H,59,60)/t31-,32-,39-,40-,41-,44-/m0/s1. The summed E-state index contributed by atoms with van der Waals surface area (Å²) in [5.41, 5.74) is 4.30. The van der Waals surface area contributed by atoms with Gasteiger partial charge >= 0.3 is 12.1 Å². The van der Waals surface area contributed by atoms with Gasteiger partial charge in [-0.15, -0.1) is 0 Å². The number of likely N-dealkylation sites (tertiary alicyclic amines) is 2. The maximum absolute atomic E-state index is 14.3. The topological polar surface area (TPSA) is 206 Å². The van der Waals surface area contributed by atoms with Crippen LogP contribution in [-0.4, -0.2) is 161 Å². The smallest absolute Gasteiger partial charge is 0.407 e. The summed E-state index contributed by atoms with van der Waals surface area (Å²) < 4.78 is 5.78. The number of nitrogens with zero attached hydrogens (tertiary/aromatic N) is 5. The summed E-state index contributed by atoms with van der Waals surface area (Å²) in [7, 11) is 4.47. The molecule has 3 fully saturated rings. The van der Waals surface area contributed by atoms with Crippen molar-refractivity contribution >= 4 is 47.5 Å². The average molecular weight is 928 g/mol. The fourth-order valence-corrected chi connectivity index (χ4v) is 10.0. The fraction of sp³-hybridized carbons (Fsp3) is 0.600. The highest BCUT2D eigenvalue weighted by molar-refractivity contribution is 5.97. The predicted molar refractivity (Wildman–Crippen MR) is 249 cm³/mol. The lowest BCUT2D eigenvalue weighted by atomic mass is 9.84. The highest BCUT2D eigenvalue weighted by Crippen LogP contribution is 2.44. The molecular weight excluding hydrogens is 859 g/mol. The molecule has 7 amide bonds. The molecule has 2 aliphatic carbocycles. The van der Waals surface area contributed by atoms with Crippen molar-refractivity contribution in [2.45, 2.75) is 128 Å². The quantitative estimate of drug-likeness (QED) is 0.183. The Balaban J connectivity index is 1.08. The van der Waals surface area contributed by atoms with Crippen LogP contribution in [-0.2, 0) is 38.3 Å². The van der Waals surface area contributed by atoms with Crippen LogP contribution in [0.2, 0.25) is 0 Å². The molecule has 0 aromatic heterocycles. The van der Waals surface area contributed by atoms with Gasteiger partial charge in [-0.25, -0.2) is 4.79 Å². The number of carbonyl (C=O) groups excluding carboxylic acids is 7. The summed E-state index contributed by atoms with van der Waals surface area (Å²) in [6, 6.07) is 10.9. The van der Waals surface area contributed by atoms with E-state index >= 15 is 0 Å². The Hall–Kier alpha value is -6.00. The second kappa shape index (κ2) is 22.7. The Morgan fingerprint density at radius 3 is 1.94 bits per heavy atom. The van der Waals surface area contributed by atoms with Crippen LogP contribution in [0.5, 0.6) is 0 Å². The molecule has 17 nitrogen and oxygen atoms in total. The second-order valence-corrected chi connectivity index (χ2v) is 18.9. The van der Waals surface area contributed by atoms with Gasteiger partial charge < -0.3 is 45.0 Å². The van der Waals surface area contributed by atoms with Gasteiger partial charge in [0.2, 0.25) is 35.4 Å². The minimum atomic E-state index is -1.29. The van der Waals surface area contributed by atoms with Crippen LogP contribution in [0.1, 0.15) is 108 Å². The summed E-state index contributed by atoms with van der Waals surface area (Å²) in [5, 5.41) is 14.8. The zero-order valence-corrected chi connectivity index (χ0v) is 39.9. The number of alkyl carbamates (subject to hydrolysis) is 1. The van der Waals surface area contributed by atoms with E-state index in [2.05, 4.69) is 10.6 Å². The van der Waals surface area contributed by atoms with Gasteiger partial charge in [0.1, 0.15) is 36.8 Å². The van der Waals surface area contributed by atoms with E-state index in [0.29, 0.717) is 32.4 Å². The van der Waals surface area contributed by atoms with Crippen LogP contribution in [0.25, 0.3) is 11.1 Å². The number of amides is 7. The number of likely N-dealkylation sites (N-methyl/N-ethyl adjacent to an activating group) is 3. The van der Waals surface area contributed by atoms with E-state index in [1.807, 2.05) is 62.4 Å². The predicted octanol–water partition coefficient (Wildman–Crippen LogP) is 4.23. The molecular formula is C50H69N7O10. The molecule has 2 aliphatic heterocycles. The van der Waals surface area contributed by atoms with Crippen LogP contribution >= 0.6 is 0 Å². The number of hydrogen-bond donors (Lipinski definition) is 3. The van der Waals surface area contributed by atoms with E-state index in [4.69, 9.17) is 4.74 Å². The molecule has 0 spiro atoms. The number of carboxylic acid groups (broad SMARTS) is 1. The molecule has 0 unspecified atom stereocenters. The zero-order valence-electron chi connectivity index (χ0n) is 39.9. The number of hydrogen-bond acceptors (Lipinski definition) is 9. The third kappa shape index (κ3) is 11.8. The van der Waals surface area contributed by atoms with Gasteiger partial charge in [0.25, 0.3) is 0 Å². The van der Waals surface area contributed by atoms with E-state index in [9.17, 15) is 43.5 Å². The summed E-state index contributed by atoms with van der Waals surface area (Å²) in [5.74, 6) is -4.63. The first-order valence-electron chi connectivity index (χ1n) is 24.0. The molecule has 67 heavy (non-hydrogen) atoms. The van der Waals surface area contributed by atoms with E-state index in [1.54, 1.807) is 6.92 Å². The Morgan fingerprint density at radius 2 is 1.37 bits per heavy atom. The molecule has 2 aromatic carbocycles. The van der Waals surface area contributed by atoms with Gasteiger partial charge in [0.05, 0.1) is 13.0 Å². The van der Waals surface area contributed by atoms with Crippen molar-refractivity contribution in [1.29, 1.82) is 0 Å². The van der Waals surface area contributed by atoms with Gasteiger partial charge in [0, 0.05) is 46.7 Å². The van der Waals surface area contributed by atoms with Crippen molar-refractivity contribution in [1.82, 2.24) is 35.1 Å². The monoisotopic (exact) mass is 928 g/mol. The van der Waals surface area contributed by atoms with E-state index in [0.717, 1.165) is 67.2 Å². The molecule has 2 heterocycles. The molecule has 2 saturated heterocycles. The largest absolute Gasteiger partial charge is 0.481 e. The van der Waals surface area contributed by atoms with Crippen molar-refractivity contribution in [2.24, 2.45) is 11.8 Å². The molecule has 0 radical (unpaired) electrons. The summed E-state index contributed by atoms with van der Waals surface area (Å²) in [6.45, 7) is 6.15. The SMILES string of the molecule is CC[C@H](C)[C@H](NC(=O)OCC1c2ccccc2-c2ccccc21)C(=O)N(C)[C@@H](C)C(=O)N1CC[C@H]1C(=O)N(C)[C@@H](CC1CCCCC1)C(=O)N(C)CC(=O)N[C@@H](CC(=O)O)C(=O)N1CCCC1. The molecule has 2 aromatic rings. The molecule has 0 bridgehead atoms. The Labute approximate surface area is 393 Å². The first-order valence-corrected chi connectivity index (χ1v) is 24.0. The van der Waals surface area contributed by atoms with Crippen LogP contribution < -0.4 is 10.6 Å². The molecule has 3 N–H and O–H groups in total. The molecule has 1 saturated carbocycles. The Morgan fingerprint density at radius 1 is 0.761 bits per heavy atom. The zero-order chi connectivity index (χ0) is 48.5. The second-order valence-electron chi connectivity index (χ2n) is 18.9. The number of carboxylic acids is 1. The number of aliphatic carboxylic acids is 1. The van der Waals surface area contributed by atoms with Crippen LogP contribution in [0, 0.1) is 11.8 Å². The number of rotatable bonds is 19.